The molecule has 14 heteroatoms. The number of rotatable bonds is 13. The van der Waals surface area contributed by atoms with Crippen molar-refractivity contribution in [1.29, 1.82) is 0 Å². The molecule has 0 aromatic heterocycles. The Morgan fingerprint density at radius 3 is 1.70 bits per heavy atom. The van der Waals surface area contributed by atoms with Crippen LogP contribution in [-0.2, 0) is 18.0 Å². The van der Waals surface area contributed by atoms with Crippen molar-refractivity contribution in [2.75, 3.05) is 32.6 Å². The molecule has 3 aromatic rings. The van der Waals surface area contributed by atoms with Gasteiger partial charge in [0.05, 0.1) is 48.8 Å². The standard InChI is InChI=1S/C42H45N5O8S/c1-23-7-28-17-43-32-14-37(35(52-5)12-30(32)39(48)46(28)19-23)54-21-25-9-26(11-27(10-25)45-34(41(50)51)16-42(3,4)56)22-55-38-15-33-31(13-36(38)53-6)40(49)47-20-24(2)8-29(47)18-44-33/h9-15,17-18,28-29,34,45,56H,1-2,7-8,16,19-22H2,3-6H3,(H,50,51). The Labute approximate surface area is 331 Å². The lowest BCUT2D eigenvalue weighted by atomic mass is 10.0. The summed E-state index contributed by atoms with van der Waals surface area (Å²) in [5.74, 6) is 0.180. The third kappa shape index (κ3) is 8.11. The minimum Gasteiger partial charge on any atom is -0.493 e. The summed E-state index contributed by atoms with van der Waals surface area (Å²) in [6.07, 6.45) is 5.12. The van der Waals surface area contributed by atoms with E-state index in [4.69, 9.17) is 18.9 Å². The predicted octanol–water partition coefficient (Wildman–Crippen LogP) is 6.80. The van der Waals surface area contributed by atoms with E-state index in [0.717, 1.165) is 11.1 Å². The van der Waals surface area contributed by atoms with Gasteiger partial charge in [-0.25, -0.2) is 4.79 Å². The molecule has 3 unspecified atom stereocenters. The van der Waals surface area contributed by atoms with Crippen LogP contribution in [0.4, 0.5) is 17.1 Å². The topological polar surface area (TPSA) is 152 Å². The lowest BCUT2D eigenvalue weighted by Crippen LogP contribution is -2.35. The number of nitrogens with one attached hydrogen (secondary N) is 1. The molecule has 292 valence electrons. The summed E-state index contributed by atoms with van der Waals surface area (Å²) in [5.41, 5.74) is 5.66. The van der Waals surface area contributed by atoms with E-state index in [9.17, 15) is 19.5 Å². The van der Waals surface area contributed by atoms with Gasteiger partial charge in [-0.05, 0) is 60.7 Å². The molecule has 4 aliphatic rings. The fourth-order valence-electron chi connectivity index (χ4n) is 7.45. The Morgan fingerprint density at radius 1 is 0.821 bits per heavy atom. The molecule has 4 aliphatic heterocycles. The molecule has 0 saturated carbocycles. The van der Waals surface area contributed by atoms with Crippen LogP contribution in [0.5, 0.6) is 23.0 Å². The van der Waals surface area contributed by atoms with Gasteiger partial charge in [0.15, 0.2) is 23.0 Å². The van der Waals surface area contributed by atoms with Crippen molar-refractivity contribution in [2.45, 2.75) is 69.2 Å². The van der Waals surface area contributed by atoms with Crippen molar-refractivity contribution in [1.82, 2.24) is 9.80 Å². The molecule has 56 heavy (non-hydrogen) atoms. The van der Waals surface area contributed by atoms with E-state index >= 15 is 0 Å². The third-order valence-electron chi connectivity index (χ3n) is 10.1. The Hall–Kier alpha value is -5.76. The van der Waals surface area contributed by atoms with Crippen LogP contribution in [0.2, 0.25) is 0 Å². The second-order valence-electron chi connectivity index (χ2n) is 15.2. The average Bonchev–Trinajstić information content (AvgIpc) is 3.66. The van der Waals surface area contributed by atoms with E-state index in [1.165, 1.54) is 14.2 Å². The summed E-state index contributed by atoms with van der Waals surface area (Å²) in [5, 5.41) is 13.3. The molecular weight excluding hydrogens is 735 g/mol. The maximum Gasteiger partial charge on any atom is 0.326 e. The lowest BCUT2D eigenvalue weighted by Gasteiger charge is -2.24. The number of anilines is 1. The monoisotopic (exact) mass is 779 g/mol. The fraction of sp³-hybridized carbons (Fsp3) is 0.357. The first-order valence-electron chi connectivity index (χ1n) is 18.3. The number of carbonyl (C=O) groups is 3. The smallest absolute Gasteiger partial charge is 0.326 e. The summed E-state index contributed by atoms with van der Waals surface area (Å²) in [6, 6.07) is 10.9. The molecular formula is C42H45N5O8S. The van der Waals surface area contributed by atoms with E-state index in [0.29, 0.717) is 88.2 Å². The molecule has 2 saturated heterocycles. The van der Waals surface area contributed by atoms with Crippen LogP contribution in [0.1, 0.15) is 65.0 Å². The van der Waals surface area contributed by atoms with Crippen LogP contribution in [0.15, 0.2) is 76.8 Å². The first kappa shape index (κ1) is 38.5. The van der Waals surface area contributed by atoms with Gasteiger partial charge < -0.3 is 39.2 Å². The van der Waals surface area contributed by atoms with Crippen LogP contribution >= 0.6 is 12.6 Å². The maximum atomic E-state index is 13.5. The van der Waals surface area contributed by atoms with E-state index < -0.39 is 16.8 Å². The summed E-state index contributed by atoms with van der Waals surface area (Å²) in [4.78, 5) is 52.1. The highest BCUT2D eigenvalue weighted by molar-refractivity contribution is 7.81. The zero-order chi connectivity index (χ0) is 39.9. The molecule has 3 aromatic carbocycles. The van der Waals surface area contributed by atoms with Gasteiger partial charge in [-0.15, -0.1) is 0 Å². The van der Waals surface area contributed by atoms with Crippen LogP contribution in [-0.4, -0.2) is 95.3 Å². The van der Waals surface area contributed by atoms with Crippen molar-refractivity contribution < 1.29 is 38.4 Å². The molecule has 0 radical (unpaired) electrons. The van der Waals surface area contributed by atoms with E-state index in [1.807, 2.05) is 32.0 Å². The van der Waals surface area contributed by atoms with Crippen LogP contribution < -0.4 is 24.3 Å². The zero-order valence-corrected chi connectivity index (χ0v) is 32.7. The predicted molar refractivity (Wildman–Crippen MR) is 217 cm³/mol. The second-order valence-corrected chi connectivity index (χ2v) is 16.4. The van der Waals surface area contributed by atoms with Crippen molar-refractivity contribution >= 4 is 59.9 Å². The van der Waals surface area contributed by atoms with Gasteiger partial charge in [0.25, 0.3) is 11.8 Å². The highest BCUT2D eigenvalue weighted by Crippen LogP contribution is 2.41. The number of carboxylic acids is 1. The van der Waals surface area contributed by atoms with Gasteiger partial charge in [-0.1, -0.05) is 38.2 Å². The first-order chi connectivity index (χ1) is 26.7. The first-order valence-corrected chi connectivity index (χ1v) is 18.7. The molecule has 4 heterocycles. The van der Waals surface area contributed by atoms with Crippen molar-refractivity contribution in [3.8, 4) is 23.0 Å². The van der Waals surface area contributed by atoms with E-state index in [2.05, 4.69) is 41.1 Å². The number of aliphatic imine (C=N–C) groups is 2. The molecule has 7 rings (SSSR count). The number of benzene rings is 3. The molecule has 0 bridgehead atoms. The number of aliphatic carboxylic acids is 1. The Bertz CT molecular complexity index is 2060. The largest absolute Gasteiger partial charge is 0.493 e. The molecule has 2 fully saturated rings. The fourth-order valence-corrected chi connectivity index (χ4v) is 7.63. The lowest BCUT2D eigenvalue weighted by molar-refractivity contribution is -0.138. The second kappa shape index (κ2) is 15.4. The number of fused-ring (bicyclic) bond motifs is 4. The Kier molecular flexibility index (Phi) is 10.6. The van der Waals surface area contributed by atoms with Gasteiger partial charge in [-0.3, -0.25) is 19.6 Å². The van der Waals surface area contributed by atoms with Gasteiger partial charge in [-0.2, -0.15) is 12.6 Å². The van der Waals surface area contributed by atoms with Crippen molar-refractivity contribution in [2.24, 2.45) is 9.98 Å². The summed E-state index contributed by atoms with van der Waals surface area (Å²) >= 11 is 4.58. The Morgan fingerprint density at radius 2 is 1.29 bits per heavy atom. The highest BCUT2D eigenvalue weighted by Gasteiger charge is 2.36. The number of thiol groups is 1. The number of methoxy groups -OCH3 is 2. The van der Waals surface area contributed by atoms with Gasteiger partial charge >= 0.3 is 5.97 Å². The average molecular weight is 780 g/mol. The van der Waals surface area contributed by atoms with Crippen LogP contribution in [0, 0.1) is 0 Å². The Balaban J connectivity index is 1.17. The van der Waals surface area contributed by atoms with Gasteiger partial charge in [0, 0.05) is 48.1 Å². The van der Waals surface area contributed by atoms with Crippen LogP contribution in [0.25, 0.3) is 0 Å². The zero-order valence-electron chi connectivity index (χ0n) is 31.8. The number of carbonyl (C=O) groups excluding carboxylic acids is 2. The molecule has 13 nitrogen and oxygen atoms in total. The molecule has 0 aliphatic carbocycles. The van der Waals surface area contributed by atoms with E-state index in [1.54, 1.807) is 46.5 Å². The normalized spacial score (nSPS) is 19.1. The number of nitrogens with zero attached hydrogens (tertiary/aromatic N) is 4. The number of carboxylic acid groups (broad SMARTS) is 1. The number of amides is 2. The molecule has 3 atom stereocenters. The maximum absolute atomic E-state index is 13.5. The summed E-state index contributed by atoms with van der Waals surface area (Å²) in [6.45, 7) is 12.9. The quantitative estimate of drug-likeness (QED) is 0.126. The van der Waals surface area contributed by atoms with Crippen molar-refractivity contribution in [3.05, 3.63) is 89.0 Å². The van der Waals surface area contributed by atoms with Crippen molar-refractivity contribution in [3.63, 3.8) is 0 Å². The molecule has 2 N–H and O–H groups in total. The SMILES string of the molecule is C=C1CC2C=Nc3cc(OCc4cc(COc5cc6c(cc5OC)C(=O)N5CC(=C)CC5C=N6)cc(NC(CC(C)(C)S)C(=O)O)c4)c(OC)cc3C(=O)N2C1. The minimum atomic E-state index is -1.02. The summed E-state index contributed by atoms with van der Waals surface area (Å²) < 4.78 is 23.4. The molecule has 0 spiro atoms. The summed E-state index contributed by atoms with van der Waals surface area (Å²) in [7, 11) is 3.01. The minimum absolute atomic E-state index is 0.0583. The third-order valence-corrected chi connectivity index (χ3v) is 10.3. The van der Waals surface area contributed by atoms with Gasteiger partial charge in [0.2, 0.25) is 0 Å². The van der Waals surface area contributed by atoms with E-state index in [-0.39, 0.29) is 43.5 Å². The van der Waals surface area contributed by atoms with Gasteiger partial charge in [0.1, 0.15) is 19.3 Å². The number of hydrogen-bond donors (Lipinski definition) is 3. The highest BCUT2D eigenvalue weighted by atomic mass is 32.1. The molecule has 2 amide bonds. The van der Waals surface area contributed by atoms with Crippen LogP contribution in [0.3, 0.4) is 0 Å². The number of hydrogen-bond acceptors (Lipinski definition) is 11. The number of ether oxygens (including phenoxy) is 4.